The summed E-state index contributed by atoms with van der Waals surface area (Å²) in [5, 5.41) is 9.00. The van der Waals surface area contributed by atoms with Crippen LogP contribution in [0.15, 0.2) is 24.5 Å². The zero-order valence-corrected chi connectivity index (χ0v) is 6.68. The maximum atomic E-state index is 9.00. The Morgan fingerprint density at radius 2 is 2.33 bits per heavy atom. The highest BCUT2D eigenvalue weighted by Crippen LogP contribution is 2.24. The van der Waals surface area contributed by atoms with E-state index in [4.69, 9.17) is 9.84 Å². The van der Waals surface area contributed by atoms with E-state index in [1.54, 1.807) is 12.4 Å². The number of pyridine rings is 1. The molecule has 0 aromatic carbocycles. The highest BCUT2D eigenvalue weighted by atomic mass is 16.5. The first-order valence-electron chi connectivity index (χ1n) is 4.09. The quantitative estimate of drug-likeness (QED) is 0.710. The molecule has 1 aromatic heterocycles. The molecule has 1 N–H and O–H groups in total. The van der Waals surface area contributed by atoms with Crippen molar-refractivity contribution in [3.63, 3.8) is 0 Å². The first kappa shape index (κ1) is 7.55. The number of aromatic nitrogens is 1. The number of ether oxygens (including phenoxy) is 1. The minimum Gasteiger partial charge on any atom is -0.489 e. The fourth-order valence-electron chi connectivity index (χ4n) is 1.24. The van der Waals surface area contributed by atoms with Crippen LogP contribution in [-0.4, -0.2) is 22.3 Å². The molecule has 0 unspecified atom stereocenters. The molecule has 3 heteroatoms. The molecule has 0 bridgehead atoms. The summed E-state index contributed by atoms with van der Waals surface area (Å²) >= 11 is 0. The van der Waals surface area contributed by atoms with E-state index in [0.717, 1.165) is 18.6 Å². The van der Waals surface area contributed by atoms with E-state index in [0.29, 0.717) is 0 Å². The van der Waals surface area contributed by atoms with Crippen molar-refractivity contribution >= 4 is 0 Å². The molecule has 2 rings (SSSR count). The number of hydrogen-bond acceptors (Lipinski definition) is 3. The third-order valence-electron chi connectivity index (χ3n) is 2.01. The molecule has 0 radical (unpaired) electrons. The molecule has 3 nitrogen and oxygen atoms in total. The summed E-state index contributed by atoms with van der Waals surface area (Å²) in [6.45, 7) is 0. The van der Waals surface area contributed by atoms with Crippen LogP contribution in [0.25, 0.3) is 0 Å². The lowest BCUT2D eigenvalue weighted by atomic mass is 9.92. The van der Waals surface area contributed by atoms with Gasteiger partial charge >= 0.3 is 0 Å². The van der Waals surface area contributed by atoms with Gasteiger partial charge in [0.05, 0.1) is 12.3 Å². The van der Waals surface area contributed by atoms with Crippen molar-refractivity contribution < 1.29 is 9.84 Å². The van der Waals surface area contributed by atoms with E-state index in [9.17, 15) is 0 Å². The van der Waals surface area contributed by atoms with Crippen LogP contribution in [0.2, 0.25) is 0 Å². The maximum absolute atomic E-state index is 9.00. The van der Waals surface area contributed by atoms with E-state index >= 15 is 0 Å². The summed E-state index contributed by atoms with van der Waals surface area (Å²) in [5.74, 6) is 0.786. The van der Waals surface area contributed by atoms with E-state index < -0.39 is 0 Å². The molecule has 12 heavy (non-hydrogen) atoms. The van der Waals surface area contributed by atoms with E-state index in [1.165, 1.54) is 0 Å². The van der Waals surface area contributed by atoms with E-state index in [1.807, 2.05) is 12.1 Å². The lowest BCUT2D eigenvalue weighted by Gasteiger charge is -2.31. The van der Waals surface area contributed by atoms with Gasteiger partial charge in [0, 0.05) is 19.0 Å². The molecule has 1 aromatic rings. The zero-order chi connectivity index (χ0) is 8.39. The molecule has 1 saturated carbocycles. The van der Waals surface area contributed by atoms with Crippen LogP contribution in [-0.2, 0) is 0 Å². The standard InChI is InChI=1S/C9H11NO2/c11-7-4-9(5-7)12-8-2-1-3-10-6-8/h1-3,6-7,9,11H,4-5H2. The minimum atomic E-state index is -0.160. The average Bonchev–Trinajstić information content (AvgIpc) is 2.04. The second-order valence-electron chi connectivity index (χ2n) is 3.05. The Bertz CT molecular complexity index is 244. The van der Waals surface area contributed by atoms with Crippen molar-refractivity contribution in [2.75, 3.05) is 0 Å². The smallest absolute Gasteiger partial charge is 0.138 e. The monoisotopic (exact) mass is 165 g/mol. The third kappa shape index (κ3) is 1.56. The predicted molar refractivity (Wildman–Crippen MR) is 43.9 cm³/mol. The third-order valence-corrected chi connectivity index (χ3v) is 2.01. The fourth-order valence-corrected chi connectivity index (χ4v) is 1.24. The van der Waals surface area contributed by atoms with Crippen molar-refractivity contribution in [2.24, 2.45) is 0 Å². The van der Waals surface area contributed by atoms with Crippen molar-refractivity contribution in [3.05, 3.63) is 24.5 Å². The average molecular weight is 165 g/mol. The molecule has 0 amide bonds. The number of aliphatic hydroxyl groups excluding tert-OH is 1. The Balaban J connectivity index is 1.88. The van der Waals surface area contributed by atoms with Gasteiger partial charge in [-0.15, -0.1) is 0 Å². The molecule has 0 atom stereocenters. The van der Waals surface area contributed by atoms with Crippen molar-refractivity contribution in [1.82, 2.24) is 4.98 Å². The van der Waals surface area contributed by atoms with Gasteiger partial charge in [0.25, 0.3) is 0 Å². The summed E-state index contributed by atoms with van der Waals surface area (Å²) in [6.07, 6.45) is 4.91. The van der Waals surface area contributed by atoms with Gasteiger partial charge in [-0.3, -0.25) is 4.98 Å². The molecule has 64 valence electrons. The first-order valence-corrected chi connectivity index (χ1v) is 4.09. The Hall–Kier alpha value is -1.09. The summed E-state index contributed by atoms with van der Waals surface area (Å²) in [4.78, 5) is 3.93. The summed E-state index contributed by atoms with van der Waals surface area (Å²) in [6, 6.07) is 3.71. The largest absolute Gasteiger partial charge is 0.489 e. The van der Waals surface area contributed by atoms with Crippen molar-refractivity contribution in [1.29, 1.82) is 0 Å². The van der Waals surface area contributed by atoms with Crippen LogP contribution in [0, 0.1) is 0 Å². The zero-order valence-electron chi connectivity index (χ0n) is 6.68. The molecule has 1 aliphatic carbocycles. The lowest BCUT2D eigenvalue weighted by molar-refractivity contribution is -0.0109. The number of aliphatic hydroxyl groups is 1. The normalized spacial score (nSPS) is 27.8. The van der Waals surface area contributed by atoms with Crippen LogP contribution in [0.3, 0.4) is 0 Å². The topological polar surface area (TPSA) is 42.4 Å². The second kappa shape index (κ2) is 3.11. The van der Waals surface area contributed by atoms with Crippen LogP contribution < -0.4 is 4.74 Å². The first-order chi connectivity index (χ1) is 5.84. The molecular formula is C9H11NO2. The van der Waals surface area contributed by atoms with Crippen LogP contribution in [0.5, 0.6) is 5.75 Å². The van der Waals surface area contributed by atoms with Gasteiger partial charge in [0.2, 0.25) is 0 Å². The number of nitrogens with zero attached hydrogens (tertiary/aromatic N) is 1. The van der Waals surface area contributed by atoms with E-state index in [2.05, 4.69) is 4.98 Å². The molecular weight excluding hydrogens is 154 g/mol. The van der Waals surface area contributed by atoms with Crippen molar-refractivity contribution in [3.8, 4) is 5.75 Å². The summed E-state index contributed by atoms with van der Waals surface area (Å²) in [7, 11) is 0. The number of hydrogen-bond donors (Lipinski definition) is 1. The highest BCUT2D eigenvalue weighted by molar-refractivity contribution is 5.16. The fraction of sp³-hybridized carbons (Fsp3) is 0.444. The molecule has 0 saturated heterocycles. The molecule has 1 aliphatic rings. The molecule has 1 fully saturated rings. The van der Waals surface area contributed by atoms with Crippen LogP contribution in [0.1, 0.15) is 12.8 Å². The van der Waals surface area contributed by atoms with Gasteiger partial charge in [0.15, 0.2) is 0 Å². The molecule has 0 aliphatic heterocycles. The van der Waals surface area contributed by atoms with Gasteiger partial charge in [-0.1, -0.05) is 0 Å². The maximum Gasteiger partial charge on any atom is 0.138 e. The van der Waals surface area contributed by atoms with Gasteiger partial charge in [-0.2, -0.15) is 0 Å². The SMILES string of the molecule is OC1CC(Oc2cccnc2)C1. The minimum absolute atomic E-state index is 0.160. The van der Waals surface area contributed by atoms with Crippen molar-refractivity contribution in [2.45, 2.75) is 25.0 Å². The highest BCUT2D eigenvalue weighted by Gasteiger charge is 2.28. The number of rotatable bonds is 2. The van der Waals surface area contributed by atoms with Crippen LogP contribution >= 0.6 is 0 Å². The lowest BCUT2D eigenvalue weighted by Crippen LogP contribution is -2.37. The van der Waals surface area contributed by atoms with Gasteiger partial charge in [0.1, 0.15) is 11.9 Å². The Kier molecular flexibility index (Phi) is 1.96. The summed E-state index contributed by atoms with van der Waals surface area (Å²) < 4.78 is 5.50. The summed E-state index contributed by atoms with van der Waals surface area (Å²) in [5.41, 5.74) is 0. The predicted octanol–water partition coefficient (Wildman–Crippen LogP) is 0.984. The Labute approximate surface area is 71.0 Å². The van der Waals surface area contributed by atoms with E-state index in [-0.39, 0.29) is 12.2 Å². The van der Waals surface area contributed by atoms with Gasteiger partial charge in [-0.05, 0) is 12.1 Å². The Morgan fingerprint density at radius 3 is 2.92 bits per heavy atom. The molecule has 1 heterocycles. The Morgan fingerprint density at radius 1 is 1.50 bits per heavy atom. The second-order valence-corrected chi connectivity index (χ2v) is 3.05. The van der Waals surface area contributed by atoms with Gasteiger partial charge < -0.3 is 9.84 Å². The van der Waals surface area contributed by atoms with Crippen LogP contribution in [0.4, 0.5) is 0 Å². The molecule has 0 spiro atoms. The van der Waals surface area contributed by atoms with Gasteiger partial charge in [-0.25, -0.2) is 0 Å².